The lowest BCUT2D eigenvalue weighted by atomic mass is 10.2. The van der Waals surface area contributed by atoms with E-state index in [9.17, 15) is 0 Å². The summed E-state index contributed by atoms with van der Waals surface area (Å²) < 4.78 is 0. The molecular weight excluding hydrogens is 214 g/mol. The van der Waals surface area contributed by atoms with Crippen LogP contribution in [-0.4, -0.2) is 29.1 Å². The molecule has 1 aromatic rings. The fraction of sp³-hybridized carbons (Fsp3) is 0.667. The molecule has 0 aromatic carbocycles. The van der Waals surface area contributed by atoms with Crippen molar-refractivity contribution < 1.29 is 0 Å². The van der Waals surface area contributed by atoms with Crippen LogP contribution in [0.3, 0.4) is 0 Å². The van der Waals surface area contributed by atoms with Crippen molar-refractivity contribution in [1.82, 2.24) is 9.97 Å². The van der Waals surface area contributed by atoms with Gasteiger partial charge in [0, 0.05) is 18.7 Å². The molecular formula is C12H23N5. The van der Waals surface area contributed by atoms with E-state index in [0.29, 0.717) is 18.5 Å². The number of nitrogens with zero attached hydrogens (tertiary/aromatic N) is 2. The van der Waals surface area contributed by atoms with E-state index in [2.05, 4.69) is 41.4 Å². The highest BCUT2D eigenvalue weighted by atomic mass is 15.1. The summed E-state index contributed by atoms with van der Waals surface area (Å²) in [5.41, 5.74) is 5.58. The Morgan fingerprint density at radius 3 is 2.47 bits per heavy atom. The molecule has 0 amide bonds. The van der Waals surface area contributed by atoms with Gasteiger partial charge in [-0.15, -0.1) is 0 Å². The minimum atomic E-state index is 0.361. The topological polar surface area (TPSA) is 75.9 Å². The Kier molecular flexibility index (Phi) is 5.15. The molecule has 0 radical (unpaired) electrons. The maximum absolute atomic E-state index is 5.58. The van der Waals surface area contributed by atoms with E-state index in [0.717, 1.165) is 24.0 Å². The summed E-state index contributed by atoms with van der Waals surface area (Å²) in [4.78, 5) is 8.68. The lowest BCUT2D eigenvalue weighted by Crippen LogP contribution is -2.20. The molecule has 0 saturated heterocycles. The third kappa shape index (κ3) is 4.99. The van der Waals surface area contributed by atoms with Crippen LogP contribution in [-0.2, 0) is 0 Å². The Bertz CT molecular complexity index is 351. The third-order valence-electron chi connectivity index (χ3n) is 2.31. The van der Waals surface area contributed by atoms with Gasteiger partial charge in [0.25, 0.3) is 0 Å². The molecule has 1 heterocycles. The van der Waals surface area contributed by atoms with Crippen LogP contribution in [0, 0.1) is 12.8 Å². The fourth-order valence-corrected chi connectivity index (χ4v) is 1.39. The third-order valence-corrected chi connectivity index (χ3v) is 2.31. The lowest BCUT2D eigenvalue weighted by Gasteiger charge is -2.14. The van der Waals surface area contributed by atoms with Gasteiger partial charge in [0.05, 0.1) is 0 Å². The van der Waals surface area contributed by atoms with Gasteiger partial charge in [0.1, 0.15) is 17.5 Å². The monoisotopic (exact) mass is 237 g/mol. The Morgan fingerprint density at radius 2 is 1.88 bits per heavy atom. The summed E-state index contributed by atoms with van der Waals surface area (Å²) in [7, 11) is 0. The van der Waals surface area contributed by atoms with Crippen LogP contribution in [0.4, 0.5) is 11.6 Å². The minimum absolute atomic E-state index is 0.361. The summed E-state index contributed by atoms with van der Waals surface area (Å²) in [6, 6.07) is 2.29. The molecule has 1 rings (SSSR count). The molecule has 5 nitrogen and oxygen atoms in total. The van der Waals surface area contributed by atoms with E-state index in [-0.39, 0.29) is 0 Å². The molecule has 0 aliphatic carbocycles. The summed E-state index contributed by atoms with van der Waals surface area (Å²) in [6.07, 6.45) is 0. The van der Waals surface area contributed by atoms with Crippen LogP contribution in [0.1, 0.15) is 26.6 Å². The highest BCUT2D eigenvalue weighted by Gasteiger charge is 2.04. The average molecular weight is 237 g/mol. The van der Waals surface area contributed by atoms with E-state index < -0.39 is 0 Å². The first kappa shape index (κ1) is 13.7. The van der Waals surface area contributed by atoms with Gasteiger partial charge in [0.2, 0.25) is 0 Å². The fourth-order valence-electron chi connectivity index (χ4n) is 1.39. The zero-order valence-corrected chi connectivity index (χ0v) is 11.1. The minimum Gasteiger partial charge on any atom is -0.370 e. The Morgan fingerprint density at radius 1 is 1.24 bits per heavy atom. The summed E-state index contributed by atoms with van der Waals surface area (Å²) >= 11 is 0. The summed E-state index contributed by atoms with van der Waals surface area (Å²) in [6.45, 7) is 9.67. The van der Waals surface area contributed by atoms with Crippen molar-refractivity contribution in [3.8, 4) is 0 Å². The predicted octanol–water partition coefficient (Wildman–Crippen LogP) is 1.61. The maximum atomic E-state index is 5.58. The van der Waals surface area contributed by atoms with Gasteiger partial charge in [-0.2, -0.15) is 0 Å². The zero-order chi connectivity index (χ0) is 12.8. The quantitative estimate of drug-likeness (QED) is 0.701. The van der Waals surface area contributed by atoms with E-state index in [1.807, 2.05) is 13.0 Å². The molecule has 1 atom stereocenters. The number of nitrogens with one attached hydrogen (secondary N) is 2. The van der Waals surface area contributed by atoms with Gasteiger partial charge in [-0.05, 0) is 33.2 Å². The maximum Gasteiger partial charge on any atom is 0.131 e. The molecule has 4 N–H and O–H groups in total. The number of aryl methyl sites for hydroxylation is 1. The van der Waals surface area contributed by atoms with Crippen LogP contribution in [0.25, 0.3) is 0 Å². The van der Waals surface area contributed by atoms with Gasteiger partial charge in [-0.1, -0.05) is 6.92 Å². The van der Waals surface area contributed by atoms with Gasteiger partial charge in [0.15, 0.2) is 0 Å². The van der Waals surface area contributed by atoms with Gasteiger partial charge in [-0.25, -0.2) is 9.97 Å². The molecule has 0 fully saturated rings. The Hall–Kier alpha value is -1.36. The highest BCUT2D eigenvalue weighted by Crippen LogP contribution is 2.12. The first-order valence-corrected chi connectivity index (χ1v) is 6.07. The first-order valence-electron chi connectivity index (χ1n) is 6.07. The van der Waals surface area contributed by atoms with Crippen LogP contribution in [0.2, 0.25) is 0 Å². The van der Waals surface area contributed by atoms with E-state index >= 15 is 0 Å². The summed E-state index contributed by atoms with van der Waals surface area (Å²) in [5, 5.41) is 6.55. The first-order chi connectivity index (χ1) is 8.01. The van der Waals surface area contributed by atoms with E-state index in [1.165, 1.54) is 0 Å². The van der Waals surface area contributed by atoms with Crippen molar-refractivity contribution in [1.29, 1.82) is 0 Å². The number of rotatable bonds is 6. The van der Waals surface area contributed by atoms with Crippen molar-refractivity contribution in [2.24, 2.45) is 11.7 Å². The second-order valence-corrected chi connectivity index (χ2v) is 4.71. The molecule has 0 bridgehead atoms. The standard InChI is InChI=1S/C12H23N5/c1-8(2)15-12-5-11(16-10(4)17-12)14-7-9(3)6-13/h5,8-9H,6-7,13H2,1-4H3,(H2,14,15,16,17). The number of anilines is 2. The number of aromatic nitrogens is 2. The van der Waals surface area contributed by atoms with Gasteiger partial charge >= 0.3 is 0 Å². The molecule has 0 aliphatic heterocycles. The summed E-state index contributed by atoms with van der Waals surface area (Å²) in [5.74, 6) is 2.90. The highest BCUT2D eigenvalue weighted by molar-refractivity contribution is 5.47. The molecule has 0 saturated carbocycles. The van der Waals surface area contributed by atoms with Crippen molar-refractivity contribution >= 4 is 11.6 Å². The SMILES string of the molecule is Cc1nc(NCC(C)CN)cc(NC(C)C)n1. The van der Waals surface area contributed by atoms with Gasteiger partial charge in [-0.3, -0.25) is 0 Å². The second-order valence-electron chi connectivity index (χ2n) is 4.71. The smallest absolute Gasteiger partial charge is 0.131 e. The number of nitrogens with two attached hydrogens (primary N) is 1. The van der Waals surface area contributed by atoms with Crippen molar-refractivity contribution in [3.63, 3.8) is 0 Å². The molecule has 17 heavy (non-hydrogen) atoms. The van der Waals surface area contributed by atoms with Crippen LogP contribution >= 0.6 is 0 Å². The number of hydrogen-bond donors (Lipinski definition) is 3. The van der Waals surface area contributed by atoms with Gasteiger partial charge < -0.3 is 16.4 Å². The predicted molar refractivity (Wildman–Crippen MR) is 72.2 cm³/mol. The second kappa shape index (κ2) is 6.39. The van der Waals surface area contributed by atoms with E-state index in [4.69, 9.17) is 5.73 Å². The molecule has 0 aliphatic rings. The van der Waals surface area contributed by atoms with E-state index in [1.54, 1.807) is 0 Å². The van der Waals surface area contributed by atoms with Crippen molar-refractivity contribution in [3.05, 3.63) is 11.9 Å². The largest absolute Gasteiger partial charge is 0.370 e. The normalized spacial score (nSPS) is 12.6. The van der Waals surface area contributed by atoms with Crippen LogP contribution in [0.15, 0.2) is 6.07 Å². The van der Waals surface area contributed by atoms with Crippen LogP contribution in [0.5, 0.6) is 0 Å². The van der Waals surface area contributed by atoms with Crippen molar-refractivity contribution in [2.75, 3.05) is 23.7 Å². The Labute approximate surface area is 103 Å². The zero-order valence-electron chi connectivity index (χ0n) is 11.1. The molecule has 1 unspecified atom stereocenters. The average Bonchev–Trinajstić information content (AvgIpc) is 2.24. The molecule has 1 aromatic heterocycles. The lowest BCUT2D eigenvalue weighted by molar-refractivity contribution is 0.626. The van der Waals surface area contributed by atoms with Crippen LogP contribution < -0.4 is 16.4 Å². The molecule has 5 heteroatoms. The number of hydrogen-bond acceptors (Lipinski definition) is 5. The molecule has 96 valence electrons. The Balaban J connectivity index is 2.68. The van der Waals surface area contributed by atoms with Crippen molar-refractivity contribution in [2.45, 2.75) is 33.7 Å². The molecule has 0 spiro atoms.